The van der Waals surface area contributed by atoms with Crippen LogP contribution in [0.5, 0.6) is 0 Å². The lowest BCUT2D eigenvalue weighted by atomic mass is 10.1. The summed E-state index contributed by atoms with van der Waals surface area (Å²) in [6, 6.07) is 8.17. The van der Waals surface area contributed by atoms with Crippen molar-refractivity contribution in [3.05, 3.63) is 46.7 Å². The van der Waals surface area contributed by atoms with Gasteiger partial charge in [-0.05, 0) is 40.0 Å². The molecule has 0 aliphatic carbocycles. The average Bonchev–Trinajstić information content (AvgIpc) is 2.85. The van der Waals surface area contributed by atoms with E-state index < -0.39 is 0 Å². The lowest BCUT2D eigenvalue weighted by Gasteiger charge is -2.06. The quantitative estimate of drug-likeness (QED) is 0.651. The van der Waals surface area contributed by atoms with Gasteiger partial charge in [0, 0.05) is 11.9 Å². The van der Waals surface area contributed by atoms with Crippen molar-refractivity contribution in [3.63, 3.8) is 0 Å². The minimum atomic E-state index is 0.417. The lowest BCUT2D eigenvalue weighted by molar-refractivity contribution is 0.625. The highest BCUT2D eigenvalue weighted by atomic mass is 79.9. The molecule has 0 radical (unpaired) electrons. The lowest BCUT2D eigenvalue weighted by Crippen LogP contribution is -2.23. The van der Waals surface area contributed by atoms with Crippen molar-refractivity contribution < 1.29 is 0 Å². The van der Waals surface area contributed by atoms with Crippen LogP contribution in [-0.2, 0) is 13.0 Å². The van der Waals surface area contributed by atoms with E-state index in [1.165, 1.54) is 5.56 Å². The molecule has 0 unspecified atom stereocenters. The Balaban J connectivity index is 1.83. The van der Waals surface area contributed by atoms with Gasteiger partial charge in [0.2, 0.25) is 0 Å². The molecule has 3 N–H and O–H groups in total. The van der Waals surface area contributed by atoms with Gasteiger partial charge >= 0.3 is 0 Å². The van der Waals surface area contributed by atoms with Gasteiger partial charge in [-0.1, -0.05) is 19.1 Å². The van der Waals surface area contributed by atoms with Crippen LogP contribution in [0.25, 0.3) is 0 Å². The van der Waals surface area contributed by atoms with Crippen LogP contribution in [0, 0.1) is 0 Å². The Kier molecular flexibility index (Phi) is 5.17. The Hall–Kier alpha value is -1.82. The second-order valence-corrected chi connectivity index (χ2v) is 5.28. The van der Waals surface area contributed by atoms with Gasteiger partial charge in [0.1, 0.15) is 0 Å². The van der Waals surface area contributed by atoms with E-state index in [0.29, 0.717) is 19.0 Å². The van der Waals surface area contributed by atoms with E-state index in [1.54, 1.807) is 6.20 Å². The molecule has 0 bridgehead atoms. The summed E-state index contributed by atoms with van der Waals surface area (Å²) < 4.78 is 2.78. The van der Waals surface area contributed by atoms with Crippen molar-refractivity contribution in [2.45, 2.75) is 19.9 Å². The highest BCUT2D eigenvalue weighted by Crippen LogP contribution is 2.09. The van der Waals surface area contributed by atoms with E-state index in [2.05, 4.69) is 50.4 Å². The second kappa shape index (κ2) is 7.09. The van der Waals surface area contributed by atoms with Crippen LogP contribution < -0.4 is 11.1 Å². The first-order valence-electron chi connectivity index (χ1n) is 6.51. The van der Waals surface area contributed by atoms with E-state index >= 15 is 0 Å². The molecular formula is C14H18BrN5. The molecule has 20 heavy (non-hydrogen) atoms. The molecule has 5 nitrogen and oxygen atoms in total. The number of aliphatic imine (C=N–C) groups is 1. The molecule has 1 heterocycles. The highest BCUT2D eigenvalue weighted by Gasteiger charge is 1.97. The molecule has 106 valence electrons. The van der Waals surface area contributed by atoms with E-state index in [9.17, 15) is 0 Å². The third-order valence-electron chi connectivity index (χ3n) is 2.85. The first-order chi connectivity index (χ1) is 9.67. The van der Waals surface area contributed by atoms with Gasteiger partial charge in [-0.2, -0.15) is 5.10 Å². The monoisotopic (exact) mass is 335 g/mol. The maximum Gasteiger partial charge on any atom is 0.193 e. The number of benzene rings is 1. The Morgan fingerprint density at radius 3 is 2.75 bits per heavy atom. The topological polar surface area (TPSA) is 68.2 Å². The molecule has 0 atom stereocenters. The number of hydrogen-bond donors (Lipinski definition) is 2. The normalized spacial score (nSPS) is 11.6. The number of nitrogens with two attached hydrogens (primary N) is 1. The first-order valence-corrected chi connectivity index (χ1v) is 7.30. The molecule has 0 aliphatic rings. The number of anilines is 1. The van der Waals surface area contributed by atoms with E-state index in [-0.39, 0.29) is 0 Å². The molecule has 6 heteroatoms. The smallest absolute Gasteiger partial charge is 0.193 e. The van der Waals surface area contributed by atoms with Crippen molar-refractivity contribution in [3.8, 4) is 0 Å². The second-order valence-electron chi connectivity index (χ2n) is 4.36. The summed E-state index contributed by atoms with van der Waals surface area (Å²) >= 11 is 3.35. The number of rotatable bonds is 5. The van der Waals surface area contributed by atoms with Crippen molar-refractivity contribution in [2.75, 3.05) is 11.9 Å². The Labute approximate surface area is 127 Å². The average molecular weight is 336 g/mol. The van der Waals surface area contributed by atoms with Gasteiger partial charge in [0.05, 0.1) is 23.8 Å². The van der Waals surface area contributed by atoms with Crippen molar-refractivity contribution in [2.24, 2.45) is 10.7 Å². The highest BCUT2D eigenvalue weighted by molar-refractivity contribution is 9.10. The number of aryl methyl sites for hydroxylation is 1. The summed E-state index contributed by atoms with van der Waals surface area (Å²) in [5, 5.41) is 7.23. The molecule has 0 fully saturated rings. The number of guanidine groups is 1. The third-order valence-corrected chi connectivity index (χ3v) is 3.26. The summed E-state index contributed by atoms with van der Waals surface area (Å²) in [4.78, 5) is 4.27. The van der Waals surface area contributed by atoms with Crippen LogP contribution in [0.4, 0.5) is 5.69 Å². The summed E-state index contributed by atoms with van der Waals surface area (Å²) in [6.07, 6.45) is 4.69. The van der Waals surface area contributed by atoms with Crippen molar-refractivity contribution >= 4 is 27.6 Å². The van der Waals surface area contributed by atoms with Crippen LogP contribution in [0.15, 0.2) is 46.1 Å². The predicted molar refractivity (Wildman–Crippen MR) is 85.9 cm³/mol. The van der Waals surface area contributed by atoms with Crippen LogP contribution in [0.1, 0.15) is 12.5 Å². The molecular weight excluding hydrogens is 318 g/mol. The molecule has 1 aromatic carbocycles. The van der Waals surface area contributed by atoms with Gasteiger partial charge < -0.3 is 11.1 Å². The molecule has 2 aromatic rings. The van der Waals surface area contributed by atoms with Gasteiger partial charge in [-0.25, -0.2) is 0 Å². The summed E-state index contributed by atoms with van der Waals surface area (Å²) in [6.45, 7) is 3.41. The fourth-order valence-electron chi connectivity index (χ4n) is 1.74. The van der Waals surface area contributed by atoms with Crippen LogP contribution in [0.2, 0.25) is 0 Å². The Morgan fingerprint density at radius 1 is 1.40 bits per heavy atom. The van der Waals surface area contributed by atoms with Gasteiger partial charge in [-0.15, -0.1) is 0 Å². The maximum atomic E-state index is 5.85. The molecule has 0 amide bonds. The largest absolute Gasteiger partial charge is 0.370 e. The van der Waals surface area contributed by atoms with E-state index in [1.807, 2.05) is 23.0 Å². The first kappa shape index (κ1) is 14.6. The molecule has 1 aromatic heterocycles. The van der Waals surface area contributed by atoms with Gasteiger partial charge in [0.25, 0.3) is 0 Å². The van der Waals surface area contributed by atoms with E-state index in [0.717, 1.165) is 16.6 Å². The van der Waals surface area contributed by atoms with Crippen molar-refractivity contribution in [1.29, 1.82) is 0 Å². The number of nitrogens with one attached hydrogen (secondary N) is 1. The molecule has 0 saturated heterocycles. The Morgan fingerprint density at radius 2 is 2.15 bits per heavy atom. The fraction of sp³-hybridized carbons (Fsp3) is 0.286. The standard InChI is InChI=1S/C14H18BrN5/c1-2-11-3-5-13(6-4-11)19-14(16)17-7-8-20-10-12(15)9-18-20/h3-6,9-10H,2,7-8H2,1H3,(H3,16,17,19). The summed E-state index contributed by atoms with van der Waals surface area (Å²) in [5.41, 5.74) is 8.10. The predicted octanol–water partition coefficient (Wildman–Crippen LogP) is 2.63. The molecule has 0 spiro atoms. The number of aromatic nitrogens is 2. The zero-order valence-corrected chi connectivity index (χ0v) is 13.0. The Bertz CT molecular complexity index is 574. The fourth-order valence-corrected chi connectivity index (χ4v) is 2.07. The molecule has 0 aliphatic heterocycles. The van der Waals surface area contributed by atoms with Crippen molar-refractivity contribution in [1.82, 2.24) is 9.78 Å². The number of nitrogens with zero attached hydrogens (tertiary/aromatic N) is 3. The van der Waals surface area contributed by atoms with Crippen LogP contribution >= 0.6 is 15.9 Å². The minimum absolute atomic E-state index is 0.417. The zero-order chi connectivity index (χ0) is 14.4. The van der Waals surface area contributed by atoms with Gasteiger partial charge in [0.15, 0.2) is 5.96 Å². The number of halogens is 1. The zero-order valence-electron chi connectivity index (χ0n) is 11.4. The van der Waals surface area contributed by atoms with Crippen LogP contribution in [-0.4, -0.2) is 22.3 Å². The maximum absolute atomic E-state index is 5.85. The van der Waals surface area contributed by atoms with Gasteiger partial charge in [-0.3, -0.25) is 9.67 Å². The van der Waals surface area contributed by atoms with E-state index in [4.69, 9.17) is 5.73 Å². The summed E-state index contributed by atoms with van der Waals surface area (Å²) in [5.74, 6) is 0.417. The minimum Gasteiger partial charge on any atom is -0.370 e. The SMILES string of the molecule is CCc1ccc(NC(N)=NCCn2cc(Br)cn2)cc1. The third kappa shape index (κ3) is 4.38. The summed E-state index contributed by atoms with van der Waals surface area (Å²) in [7, 11) is 0. The van der Waals surface area contributed by atoms with Crippen LogP contribution in [0.3, 0.4) is 0 Å². The molecule has 0 saturated carbocycles. The number of hydrogen-bond acceptors (Lipinski definition) is 2. The molecule has 2 rings (SSSR count).